The van der Waals surface area contributed by atoms with Gasteiger partial charge >= 0.3 is 0 Å². The van der Waals surface area contributed by atoms with Gasteiger partial charge in [-0.15, -0.1) is 0 Å². The number of halogens is 1. The van der Waals surface area contributed by atoms with Gasteiger partial charge in [0, 0.05) is 15.1 Å². The van der Waals surface area contributed by atoms with Crippen LogP contribution in [-0.2, 0) is 10.8 Å². The number of hydrogen-bond acceptors (Lipinski definition) is 2. The van der Waals surface area contributed by atoms with E-state index in [0.29, 0.717) is 5.75 Å². The summed E-state index contributed by atoms with van der Waals surface area (Å²) in [5.41, 5.74) is 1.04. The number of benzene rings is 2. The molecule has 0 saturated heterocycles. The van der Waals surface area contributed by atoms with Crippen LogP contribution in [-0.4, -0.2) is 9.96 Å². The summed E-state index contributed by atoms with van der Waals surface area (Å²) in [5.74, 6) is 2.17. The van der Waals surface area contributed by atoms with Crippen molar-refractivity contribution in [2.75, 3.05) is 5.75 Å². The van der Waals surface area contributed by atoms with Gasteiger partial charge in [0.05, 0.1) is 10.8 Å². The van der Waals surface area contributed by atoms with Gasteiger partial charge in [-0.1, -0.05) is 28.9 Å². The summed E-state index contributed by atoms with van der Waals surface area (Å²) < 4.78 is 19.0. The molecule has 0 aliphatic carbocycles. The minimum absolute atomic E-state index is 0.683. The fourth-order valence-corrected chi connectivity index (χ4v) is 3.35. The summed E-state index contributed by atoms with van der Waals surface area (Å²) in [6.07, 6.45) is 0.907. The van der Waals surface area contributed by atoms with Crippen molar-refractivity contribution in [3.8, 4) is 11.5 Å². The van der Waals surface area contributed by atoms with Crippen LogP contribution in [0.4, 0.5) is 0 Å². The van der Waals surface area contributed by atoms with E-state index in [0.717, 1.165) is 32.9 Å². The molecule has 2 nitrogen and oxygen atoms in total. The van der Waals surface area contributed by atoms with E-state index in [1.54, 1.807) is 0 Å². The summed E-state index contributed by atoms with van der Waals surface area (Å²) >= 11 is 3.39. The lowest BCUT2D eigenvalue weighted by atomic mass is 10.2. The van der Waals surface area contributed by atoms with E-state index in [-0.39, 0.29) is 0 Å². The van der Waals surface area contributed by atoms with Gasteiger partial charge in [-0.05, 0) is 55.3 Å². The second-order valence-electron chi connectivity index (χ2n) is 4.53. The van der Waals surface area contributed by atoms with Gasteiger partial charge in [0.25, 0.3) is 0 Å². The maximum Gasteiger partial charge on any atom is 0.128 e. The van der Waals surface area contributed by atoms with Crippen LogP contribution in [0.15, 0.2) is 51.8 Å². The third kappa shape index (κ3) is 3.93. The molecule has 0 heterocycles. The number of rotatable bonds is 5. The highest BCUT2D eigenvalue weighted by Gasteiger charge is 2.08. The lowest BCUT2D eigenvalue weighted by molar-refractivity contribution is 0.481. The zero-order chi connectivity index (χ0) is 14.5. The van der Waals surface area contributed by atoms with Crippen molar-refractivity contribution >= 4 is 26.7 Å². The summed E-state index contributed by atoms with van der Waals surface area (Å²) in [6.45, 7) is 4.02. The number of ether oxygens (including phenoxy) is 1. The molecular weight excluding hydrogens is 336 g/mol. The molecule has 20 heavy (non-hydrogen) atoms. The van der Waals surface area contributed by atoms with Gasteiger partial charge in [0.1, 0.15) is 11.5 Å². The second kappa shape index (κ2) is 7.04. The zero-order valence-corrected chi connectivity index (χ0v) is 14.0. The van der Waals surface area contributed by atoms with E-state index < -0.39 is 10.8 Å². The van der Waals surface area contributed by atoms with Crippen molar-refractivity contribution < 1.29 is 8.95 Å². The van der Waals surface area contributed by atoms with E-state index >= 15 is 0 Å². The van der Waals surface area contributed by atoms with Crippen LogP contribution in [0.5, 0.6) is 11.5 Å². The molecule has 0 fully saturated rings. The maximum atomic E-state index is 12.2. The first-order chi connectivity index (χ1) is 9.60. The fraction of sp³-hybridized carbons (Fsp3) is 0.250. The molecular formula is C16H17BrO2S. The van der Waals surface area contributed by atoms with Crippen molar-refractivity contribution in [2.24, 2.45) is 0 Å². The molecule has 0 aromatic heterocycles. The van der Waals surface area contributed by atoms with Crippen LogP contribution in [0, 0.1) is 6.92 Å². The van der Waals surface area contributed by atoms with Crippen LogP contribution in [0.1, 0.15) is 18.9 Å². The monoisotopic (exact) mass is 352 g/mol. The minimum atomic E-state index is -0.954. The highest BCUT2D eigenvalue weighted by molar-refractivity contribution is 9.10. The molecule has 106 valence electrons. The molecule has 0 aliphatic heterocycles. The number of hydrogen-bond donors (Lipinski definition) is 0. The summed E-state index contributed by atoms with van der Waals surface area (Å²) in [4.78, 5) is 0.862. The first kappa shape index (κ1) is 15.3. The topological polar surface area (TPSA) is 26.3 Å². The molecule has 2 rings (SSSR count). The van der Waals surface area contributed by atoms with Gasteiger partial charge in [-0.25, -0.2) is 0 Å². The highest BCUT2D eigenvalue weighted by atomic mass is 79.9. The average molecular weight is 353 g/mol. The van der Waals surface area contributed by atoms with Crippen LogP contribution in [0.25, 0.3) is 0 Å². The zero-order valence-electron chi connectivity index (χ0n) is 11.6. The molecule has 2 aromatic rings. The van der Waals surface area contributed by atoms with E-state index in [4.69, 9.17) is 4.74 Å². The molecule has 0 amide bonds. The van der Waals surface area contributed by atoms with Crippen LogP contribution < -0.4 is 4.74 Å². The Morgan fingerprint density at radius 2 is 1.75 bits per heavy atom. The first-order valence-electron chi connectivity index (χ1n) is 6.52. The molecule has 0 bridgehead atoms. The second-order valence-corrected chi connectivity index (χ2v) is 6.99. The lowest BCUT2D eigenvalue weighted by Crippen LogP contribution is -1.99. The largest absolute Gasteiger partial charge is 0.457 e. The van der Waals surface area contributed by atoms with Crippen LogP contribution >= 0.6 is 15.9 Å². The Morgan fingerprint density at radius 1 is 1.10 bits per heavy atom. The summed E-state index contributed by atoms with van der Waals surface area (Å²) in [6, 6.07) is 13.4. The summed E-state index contributed by atoms with van der Waals surface area (Å²) in [7, 11) is -0.954. The van der Waals surface area contributed by atoms with Crippen LogP contribution in [0.3, 0.4) is 0 Å². The predicted octanol–water partition coefficient (Wildman–Crippen LogP) is 5.07. The third-order valence-corrected chi connectivity index (χ3v) is 5.08. The molecule has 0 N–H and O–H groups in total. The lowest BCUT2D eigenvalue weighted by Gasteiger charge is -2.10. The van der Waals surface area contributed by atoms with Crippen molar-refractivity contribution in [3.05, 3.63) is 52.5 Å². The van der Waals surface area contributed by atoms with Crippen LogP contribution in [0.2, 0.25) is 0 Å². The van der Waals surface area contributed by atoms with Gasteiger partial charge in [0.2, 0.25) is 0 Å². The van der Waals surface area contributed by atoms with E-state index in [1.807, 2.05) is 56.3 Å². The Bertz CT molecular complexity index is 608. The van der Waals surface area contributed by atoms with Gasteiger partial charge < -0.3 is 4.74 Å². The molecule has 0 spiro atoms. The molecule has 1 atom stereocenters. The fourth-order valence-electron chi connectivity index (χ4n) is 1.82. The minimum Gasteiger partial charge on any atom is -0.457 e. The van der Waals surface area contributed by atoms with Gasteiger partial charge in [-0.3, -0.25) is 4.21 Å². The Balaban J connectivity index is 2.22. The quantitative estimate of drug-likeness (QED) is 0.750. The molecule has 1 unspecified atom stereocenters. The molecule has 0 aliphatic rings. The Morgan fingerprint density at radius 3 is 2.40 bits per heavy atom. The number of aryl methyl sites for hydroxylation is 1. The Labute approximate surface area is 130 Å². The summed E-state index contributed by atoms with van der Waals surface area (Å²) in [5, 5.41) is 0. The molecule has 0 radical (unpaired) electrons. The Hall–Kier alpha value is -1.13. The van der Waals surface area contributed by atoms with E-state index in [1.165, 1.54) is 0 Å². The SMILES string of the molecule is CCCS(=O)c1cc(Oc2ccc(Br)cc2)ccc1C. The molecule has 0 saturated carbocycles. The first-order valence-corrected chi connectivity index (χ1v) is 8.64. The van der Waals surface area contributed by atoms with Crippen molar-refractivity contribution in [1.29, 1.82) is 0 Å². The van der Waals surface area contributed by atoms with Gasteiger partial charge in [-0.2, -0.15) is 0 Å². The maximum absolute atomic E-state index is 12.2. The van der Waals surface area contributed by atoms with E-state index in [2.05, 4.69) is 15.9 Å². The van der Waals surface area contributed by atoms with Crippen molar-refractivity contribution in [2.45, 2.75) is 25.2 Å². The third-order valence-electron chi connectivity index (χ3n) is 2.84. The smallest absolute Gasteiger partial charge is 0.128 e. The van der Waals surface area contributed by atoms with E-state index in [9.17, 15) is 4.21 Å². The van der Waals surface area contributed by atoms with Gasteiger partial charge in [0.15, 0.2) is 0 Å². The standard InChI is InChI=1S/C16H17BrO2S/c1-3-10-20(18)16-11-15(7-4-12(16)2)19-14-8-5-13(17)6-9-14/h4-9,11H,3,10H2,1-2H3. The predicted molar refractivity (Wildman–Crippen MR) is 87.0 cm³/mol. The average Bonchev–Trinajstić information content (AvgIpc) is 2.43. The highest BCUT2D eigenvalue weighted by Crippen LogP contribution is 2.26. The normalized spacial score (nSPS) is 12.2. The Kier molecular flexibility index (Phi) is 5.38. The van der Waals surface area contributed by atoms with Crippen molar-refractivity contribution in [3.63, 3.8) is 0 Å². The van der Waals surface area contributed by atoms with Crippen molar-refractivity contribution in [1.82, 2.24) is 0 Å². The molecule has 4 heteroatoms. The molecule has 2 aromatic carbocycles.